The lowest BCUT2D eigenvalue weighted by molar-refractivity contribution is 0.953. The number of nitrogens with zero attached hydrogens (tertiary/aromatic N) is 5. The zero-order valence-electron chi connectivity index (χ0n) is 30.4. The highest BCUT2D eigenvalue weighted by molar-refractivity contribution is 6.09. The summed E-state index contributed by atoms with van der Waals surface area (Å²) in [4.78, 5) is 18.0. The quantitative estimate of drug-likeness (QED) is 0.157. The summed E-state index contributed by atoms with van der Waals surface area (Å²) in [5.41, 5.74) is 11.5. The monoisotopic (exact) mass is 717 g/mol. The number of fused-ring (bicyclic) bond motifs is 3. The third-order valence-corrected chi connectivity index (χ3v) is 10.3. The third kappa shape index (κ3) is 6.07. The van der Waals surface area contributed by atoms with Crippen LogP contribution in [0, 0.1) is 0 Å². The van der Waals surface area contributed by atoms with Crippen molar-refractivity contribution in [3.8, 4) is 51.0 Å². The van der Waals surface area contributed by atoms with E-state index in [0.29, 0.717) is 17.6 Å². The predicted octanol–water partition coefficient (Wildman–Crippen LogP) is 13.1. The van der Waals surface area contributed by atoms with E-state index in [-0.39, 0.29) is 0 Å². The topological polar surface area (TPSA) is 46.8 Å². The number of hydrogen-bond acceptors (Lipinski definition) is 4. The lowest BCUT2D eigenvalue weighted by Gasteiger charge is -2.25. The van der Waals surface area contributed by atoms with Gasteiger partial charge in [0.2, 0.25) is 5.95 Å². The minimum atomic E-state index is 0.569. The molecule has 0 fully saturated rings. The first kappa shape index (κ1) is 33.0. The van der Waals surface area contributed by atoms with Crippen LogP contribution in [0.5, 0.6) is 0 Å². The summed E-state index contributed by atoms with van der Waals surface area (Å²) in [6.07, 6.45) is 0. The fourth-order valence-corrected chi connectivity index (χ4v) is 7.64. The van der Waals surface area contributed by atoms with E-state index in [4.69, 9.17) is 15.0 Å². The highest BCUT2D eigenvalue weighted by Gasteiger charge is 2.20. The van der Waals surface area contributed by atoms with Crippen LogP contribution in [0.1, 0.15) is 0 Å². The van der Waals surface area contributed by atoms with E-state index in [1.807, 2.05) is 18.2 Å². The van der Waals surface area contributed by atoms with Crippen molar-refractivity contribution in [3.05, 3.63) is 212 Å². The molecule has 0 atom stereocenters. The summed E-state index contributed by atoms with van der Waals surface area (Å²) in [6.45, 7) is 0. The first-order valence-electron chi connectivity index (χ1n) is 18.8. The Morgan fingerprint density at radius 2 is 0.804 bits per heavy atom. The van der Waals surface area contributed by atoms with E-state index in [0.717, 1.165) is 72.2 Å². The van der Waals surface area contributed by atoms with E-state index < -0.39 is 0 Å². The molecule has 0 bridgehead atoms. The van der Waals surface area contributed by atoms with E-state index in [9.17, 15) is 0 Å². The summed E-state index contributed by atoms with van der Waals surface area (Å²) in [5, 5.41) is 2.30. The van der Waals surface area contributed by atoms with Crippen molar-refractivity contribution in [2.24, 2.45) is 0 Å². The highest BCUT2D eigenvalue weighted by Crippen LogP contribution is 2.38. The molecule has 264 valence electrons. The second-order valence-electron chi connectivity index (χ2n) is 13.7. The van der Waals surface area contributed by atoms with Crippen LogP contribution in [0.25, 0.3) is 72.8 Å². The molecule has 0 spiro atoms. The van der Waals surface area contributed by atoms with Gasteiger partial charge in [-0.1, -0.05) is 158 Å². The van der Waals surface area contributed by atoms with Crippen LogP contribution in [0.3, 0.4) is 0 Å². The number of para-hydroxylation sites is 4. The molecule has 8 aromatic carbocycles. The molecule has 10 aromatic rings. The second kappa shape index (κ2) is 14.3. The van der Waals surface area contributed by atoms with Crippen molar-refractivity contribution in [2.45, 2.75) is 0 Å². The Kier molecular flexibility index (Phi) is 8.43. The van der Waals surface area contributed by atoms with Crippen molar-refractivity contribution in [2.75, 3.05) is 4.90 Å². The zero-order chi connectivity index (χ0) is 37.3. The van der Waals surface area contributed by atoms with E-state index in [1.165, 1.54) is 0 Å². The molecule has 0 aliphatic carbocycles. The standard InChI is InChI=1S/C51H35N5/c1-4-17-36(18-5-1)38-19-16-20-39(35-38)49-52-50(54-51(53-49)56-47-29-14-12-26-44(47)45-27-13-15-30-48(45)56)46-28-11-10-25-43(46)37-31-33-42(34-32-37)55(40-21-6-2-7-22-40)41-23-8-3-9-24-41/h1-35H. The fourth-order valence-electron chi connectivity index (χ4n) is 7.64. The number of hydrogen-bond donors (Lipinski definition) is 0. The fraction of sp³-hybridized carbons (Fsp3) is 0. The van der Waals surface area contributed by atoms with Gasteiger partial charge in [-0.25, -0.2) is 4.98 Å². The van der Waals surface area contributed by atoms with Crippen LogP contribution in [0.4, 0.5) is 17.1 Å². The average Bonchev–Trinajstić information content (AvgIpc) is 3.62. The third-order valence-electron chi connectivity index (χ3n) is 10.3. The molecule has 0 radical (unpaired) electrons. The molecule has 56 heavy (non-hydrogen) atoms. The second-order valence-corrected chi connectivity index (χ2v) is 13.7. The van der Waals surface area contributed by atoms with Crippen LogP contribution in [0.2, 0.25) is 0 Å². The predicted molar refractivity (Wildman–Crippen MR) is 231 cm³/mol. The molecular formula is C51H35N5. The Labute approximate surface area is 325 Å². The SMILES string of the molecule is c1ccc(-c2cccc(-c3nc(-c4ccccc4-c4ccc(N(c5ccccc5)c5ccccc5)cc4)nc(-n4c5ccccc5c5ccccc54)n3)c2)cc1. The van der Waals surface area contributed by atoms with Crippen molar-refractivity contribution >= 4 is 38.9 Å². The van der Waals surface area contributed by atoms with Crippen LogP contribution >= 0.6 is 0 Å². The lowest BCUT2D eigenvalue weighted by atomic mass is 9.98. The van der Waals surface area contributed by atoms with Gasteiger partial charge in [-0.05, 0) is 76.9 Å². The molecule has 5 nitrogen and oxygen atoms in total. The van der Waals surface area contributed by atoms with Gasteiger partial charge in [-0.3, -0.25) is 4.57 Å². The molecule has 0 saturated carbocycles. The van der Waals surface area contributed by atoms with Crippen LogP contribution < -0.4 is 4.90 Å². The average molecular weight is 718 g/mol. The summed E-state index contributed by atoms with van der Waals surface area (Å²) in [5.74, 6) is 1.78. The van der Waals surface area contributed by atoms with Gasteiger partial charge in [0.25, 0.3) is 0 Å². The van der Waals surface area contributed by atoms with E-state index >= 15 is 0 Å². The van der Waals surface area contributed by atoms with Gasteiger partial charge in [0.1, 0.15) is 0 Å². The summed E-state index contributed by atoms with van der Waals surface area (Å²) in [7, 11) is 0. The van der Waals surface area contributed by atoms with Gasteiger partial charge in [-0.15, -0.1) is 0 Å². The molecule has 0 aliphatic heterocycles. The Hall–Kier alpha value is -7.63. The molecule has 2 heterocycles. The van der Waals surface area contributed by atoms with Crippen LogP contribution in [-0.4, -0.2) is 19.5 Å². The molecule has 10 rings (SSSR count). The van der Waals surface area contributed by atoms with E-state index in [1.54, 1.807) is 0 Å². The maximum atomic E-state index is 5.30. The van der Waals surface area contributed by atoms with Crippen molar-refractivity contribution < 1.29 is 0 Å². The molecule has 0 unspecified atom stereocenters. The lowest BCUT2D eigenvalue weighted by Crippen LogP contribution is -2.09. The van der Waals surface area contributed by atoms with Crippen molar-refractivity contribution in [3.63, 3.8) is 0 Å². The molecule has 0 N–H and O–H groups in total. The molecule has 5 heteroatoms. The summed E-state index contributed by atoms with van der Waals surface area (Å²) >= 11 is 0. The highest BCUT2D eigenvalue weighted by atomic mass is 15.2. The van der Waals surface area contributed by atoms with Gasteiger partial charge in [0, 0.05) is 39.0 Å². The number of anilines is 3. The maximum absolute atomic E-state index is 5.30. The van der Waals surface area contributed by atoms with E-state index in [2.05, 4.69) is 204 Å². The first-order valence-corrected chi connectivity index (χ1v) is 18.8. The molecule has 0 aliphatic rings. The first-order chi connectivity index (χ1) is 27.8. The van der Waals surface area contributed by atoms with Gasteiger partial charge >= 0.3 is 0 Å². The minimum absolute atomic E-state index is 0.569. The Morgan fingerprint density at radius 1 is 0.321 bits per heavy atom. The minimum Gasteiger partial charge on any atom is -0.311 e. The molecule has 0 amide bonds. The largest absolute Gasteiger partial charge is 0.311 e. The van der Waals surface area contributed by atoms with Crippen molar-refractivity contribution in [1.29, 1.82) is 0 Å². The normalized spacial score (nSPS) is 11.2. The molecular weight excluding hydrogens is 683 g/mol. The Morgan fingerprint density at radius 3 is 1.45 bits per heavy atom. The number of rotatable bonds is 8. The van der Waals surface area contributed by atoms with Crippen molar-refractivity contribution in [1.82, 2.24) is 19.5 Å². The Bertz CT molecular complexity index is 2860. The van der Waals surface area contributed by atoms with Gasteiger partial charge in [0.05, 0.1) is 11.0 Å². The molecule has 2 aromatic heterocycles. The van der Waals surface area contributed by atoms with Gasteiger partial charge in [-0.2, -0.15) is 9.97 Å². The Balaban J connectivity index is 1.14. The van der Waals surface area contributed by atoms with Gasteiger partial charge < -0.3 is 4.90 Å². The maximum Gasteiger partial charge on any atom is 0.238 e. The van der Waals surface area contributed by atoms with Gasteiger partial charge in [0.15, 0.2) is 11.6 Å². The summed E-state index contributed by atoms with van der Waals surface area (Å²) < 4.78 is 2.17. The zero-order valence-corrected chi connectivity index (χ0v) is 30.4. The number of benzene rings is 8. The summed E-state index contributed by atoms with van der Waals surface area (Å²) in [6, 6.07) is 73.8. The van der Waals surface area contributed by atoms with Crippen LogP contribution in [-0.2, 0) is 0 Å². The van der Waals surface area contributed by atoms with Crippen LogP contribution in [0.15, 0.2) is 212 Å². The smallest absolute Gasteiger partial charge is 0.238 e. The molecule has 0 saturated heterocycles. The number of aromatic nitrogens is 4.